The smallest absolute Gasteiger partial charge is 0.107 e. The van der Waals surface area contributed by atoms with Crippen molar-refractivity contribution in [3.05, 3.63) is 84.4 Å². The Balaban J connectivity index is 1.99. The monoisotopic (exact) mass is 339 g/mol. The van der Waals surface area contributed by atoms with E-state index < -0.39 is 8.07 Å². The normalized spacial score (nSPS) is 15.0. The van der Waals surface area contributed by atoms with Crippen LogP contribution < -0.4 is 5.32 Å². The van der Waals surface area contributed by atoms with Gasteiger partial charge < -0.3 is 4.57 Å². The van der Waals surface area contributed by atoms with Gasteiger partial charge in [0.25, 0.3) is 0 Å². The average molecular weight is 340 g/mol. The molecule has 0 aliphatic carbocycles. The van der Waals surface area contributed by atoms with Crippen LogP contribution >= 0.6 is 0 Å². The maximum atomic E-state index is 2.56. The lowest BCUT2D eigenvalue weighted by molar-refractivity contribution is 1.07. The van der Waals surface area contributed by atoms with Gasteiger partial charge in [-0.05, 0) is 29.3 Å². The zero-order valence-electron chi connectivity index (χ0n) is 14.7. The minimum atomic E-state index is -1.61. The van der Waals surface area contributed by atoms with E-state index in [4.69, 9.17) is 0 Å². The Morgan fingerprint density at radius 1 is 0.760 bits per heavy atom. The number of aromatic nitrogens is 1. The molecule has 5 rings (SSSR count). The highest BCUT2D eigenvalue weighted by molar-refractivity contribution is 6.90. The highest BCUT2D eigenvalue weighted by atomic mass is 28.3. The zero-order valence-corrected chi connectivity index (χ0v) is 15.7. The molecule has 0 unspecified atom stereocenters. The molecule has 0 spiro atoms. The summed E-state index contributed by atoms with van der Waals surface area (Å²) in [5.41, 5.74) is 6.98. The van der Waals surface area contributed by atoms with Crippen LogP contribution in [0.3, 0.4) is 0 Å². The summed E-state index contributed by atoms with van der Waals surface area (Å²) in [4.78, 5) is 0. The van der Waals surface area contributed by atoms with Crippen LogP contribution in [0.15, 0.2) is 78.9 Å². The van der Waals surface area contributed by atoms with E-state index in [9.17, 15) is 0 Å². The highest BCUT2D eigenvalue weighted by Crippen LogP contribution is 2.37. The Morgan fingerprint density at radius 3 is 2.28 bits per heavy atom. The van der Waals surface area contributed by atoms with Gasteiger partial charge in [-0.3, -0.25) is 0 Å². The van der Waals surface area contributed by atoms with Crippen molar-refractivity contribution in [1.82, 2.24) is 4.57 Å². The van der Waals surface area contributed by atoms with Crippen molar-refractivity contribution in [3.63, 3.8) is 0 Å². The van der Waals surface area contributed by atoms with Gasteiger partial charge in [0.2, 0.25) is 0 Å². The fraction of sp³-hybridized carbons (Fsp3) is 0.130. The zero-order chi connectivity index (χ0) is 17.0. The molecule has 0 saturated carbocycles. The minimum Gasteiger partial charge on any atom is -0.317 e. The number of para-hydroxylation sites is 2. The largest absolute Gasteiger partial charge is 0.317 e. The molecule has 2 heterocycles. The Kier molecular flexibility index (Phi) is 3.07. The second-order valence-corrected chi connectivity index (χ2v) is 12.2. The van der Waals surface area contributed by atoms with E-state index >= 15 is 0 Å². The molecule has 1 aromatic heterocycles. The number of rotatable bonds is 1. The van der Waals surface area contributed by atoms with Gasteiger partial charge in [0, 0.05) is 22.0 Å². The Bertz CT molecular complexity index is 1060. The first kappa shape index (κ1) is 14.7. The first-order chi connectivity index (χ1) is 12.2. The molecular weight excluding hydrogens is 318 g/mol. The molecule has 1 aliphatic rings. The summed E-state index contributed by atoms with van der Waals surface area (Å²) < 4.78 is 2.56. The van der Waals surface area contributed by atoms with Crippen molar-refractivity contribution in [3.8, 4) is 16.8 Å². The van der Waals surface area contributed by atoms with Gasteiger partial charge in [0.1, 0.15) is 8.07 Å². The molecule has 0 bridgehead atoms. The van der Waals surface area contributed by atoms with E-state index in [1.54, 1.807) is 5.32 Å². The summed E-state index contributed by atoms with van der Waals surface area (Å²) >= 11 is 0. The standard InChI is InChI=1S/C23H21NSi/c1-25(2)16-18-12-6-8-14-20(18)24-21-15-9-7-13-19(21)22(23(24)25)17-10-4-3-5-11-17/h3-15H,16H2,1-2H3. The molecule has 0 fully saturated rings. The second-order valence-electron chi connectivity index (χ2n) is 7.63. The van der Waals surface area contributed by atoms with Crippen LogP contribution in [0.4, 0.5) is 0 Å². The number of hydrogen-bond donors (Lipinski definition) is 0. The number of nitrogens with zero attached hydrogens (tertiary/aromatic N) is 1. The van der Waals surface area contributed by atoms with Crippen LogP contribution in [0.1, 0.15) is 5.56 Å². The van der Waals surface area contributed by atoms with Gasteiger partial charge in [-0.15, -0.1) is 0 Å². The van der Waals surface area contributed by atoms with Gasteiger partial charge in [-0.1, -0.05) is 79.8 Å². The lowest BCUT2D eigenvalue weighted by atomic mass is 10.1. The number of benzene rings is 3. The fourth-order valence-electron chi connectivity index (χ4n) is 4.47. The SMILES string of the molecule is C[Si]1(C)Cc2ccccc2-n2c1c(-c1ccccc1)c1ccccc12. The molecule has 0 N–H and O–H groups in total. The predicted octanol–water partition coefficient (Wildman–Crippen LogP) is 5.31. The third-order valence-corrected chi connectivity index (χ3v) is 8.46. The molecule has 25 heavy (non-hydrogen) atoms. The molecule has 122 valence electrons. The van der Waals surface area contributed by atoms with Crippen LogP contribution in [0.2, 0.25) is 13.1 Å². The predicted molar refractivity (Wildman–Crippen MR) is 110 cm³/mol. The van der Waals surface area contributed by atoms with Crippen molar-refractivity contribution in [2.75, 3.05) is 0 Å². The average Bonchev–Trinajstić information content (AvgIpc) is 2.99. The summed E-state index contributed by atoms with van der Waals surface area (Å²) in [6, 6.07) is 30.0. The summed E-state index contributed by atoms with van der Waals surface area (Å²) in [6.07, 6.45) is 0. The van der Waals surface area contributed by atoms with E-state index in [0.29, 0.717) is 0 Å². The molecule has 1 nitrogen and oxygen atoms in total. The van der Waals surface area contributed by atoms with Crippen molar-refractivity contribution >= 4 is 24.3 Å². The van der Waals surface area contributed by atoms with Gasteiger partial charge >= 0.3 is 0 Å². The van der Waals surface area contributed by atoms with Crippen LogP contribution in [-0.4, -0.2) is 12.6 Å². The first-order valence-corrected chi connectivity index (χ1v) is 12.2. The summed E-state index contributed by atoms with van der Waals surface area (Å²) in [7, 11) is -1.61. The van der Waals surface area contributed by atoms with E-state index in [0.717, 1.165) is 0 Å². The first-order valence-electron chi connectivity index (χ1n) is 8.94. The third-order valence-electron chi connectivity index (χ3n) is 5.44. The molecule has 1 aliphatic heterocycles. The quantitative estimate of drug-likeness (QED) is 0.414. The third kappa shape index (κ3) is 2.07. The maximum Gasteiger partial charge on any atom is 0.107 e. The van der Waals surface area contributed by atoms with Crippen molar-refractivity contribution in [2.24, 2.45) is 0 Å². The molecule has 0 amide bonds. The number of hydrogen-bond acceptors (Lipinski definition) is 0. The van der Waals surface area contributed by atoms with Gasteiger partial charge in [0.05, 0.1) is 5.52 Å². The summed E-state index contributed by atoms with van der Waals surface area (Å²) in [6.45, 7) is 5.03. The van der Waals surface area contributed by atoms with Crippen LogP contribution in [-0.2, 0) is 6.04 Å². The molecule has 0 atom stereocenters. The molecule has 2 heteroatoms. The highest BCUT2D eigenvalue weighted by Gasteiger charge is 2.37. The molecule has 0 radical (unpaired) electrons. The fourth-order valence-corrected chi connectivity index (χ4v) is 7.69. The van der Waals surface area contributed by atoms with Crippen molar-refractivity contribution in [1.29, 1.82) is 0 Å². The van der Waals surface area contributed by atoms with E-state index in [2.05, 4.69) is 96.5 Å². The lowest BCUT2D eigenvalue weighted by Gasteiger charge is -2.33. The Morgan fingerprint density at radius 2 is 1.44 bits per heavy atom. The topological polar surface area (TPSA) is 4.93 Å². The molecule has 0 saturated heterocycles. The van der Waals surface area contributed by atoms with E-state index in [1.807, 2.05) is 0 Å². The number of fused-ring (bicyclic) bond motifs is 5. The van der Waals surface area contributed by atoms with E-state index in [-0.39, 0.29) is 0 Å². The van der Waals surface area contributed by atoms with Crippen LogP contribution in [0.5, 0.6) is 0 Å². The molecule has 3 aromatic carbocycles. The summed E-state index contributed by atoms with van der Waals surface area (Å²) in [5.74, 6) is 0. The lowest BCUT2D eigenvalue weighted by Crippen LogP contribution is -2.51. The molecular formula is C23H21NSi. The van der Waals surface area contributed by atoms with Gasteiger partial charge in [-0.25, -0.2) is 0 Å². The van der Waals surface area contributed by atoms with E-state index in [1.165, 1.54) is 39.3 Å². The Labute approximate surface area is 149 Å². The van der Waals surface area contributed by atoms with Crippen molar-refractivity contribution < 1.29 is 0 Å². The van der Waals surface area contributed by atoms with Crippen molar-refractivity contribution in [2.45, 2.75) is 19.1 Å². The van der Waals surface area contributed by atoms with Crippen LogP contribution in [0, 0.1) is 0 Å². The van der Waals surface area contributed by atoms with Gasteiger partial charge in [0.15, 0.2) is 0 Å². The molecule has 4 aromatic rings. The van der Waals surface area contributed by atoms with Gasteiger partial charge in [-0.2, -0.15) is 0 Å². The van der Waals surface area contributed by atoms with Crippen LogP contribution in [0.25, 0.3) is 27.7 Å². The maximum absolute atomic E-state index is 2.56. The second kappa shape index (κ2) is 5.20. The summed E-state index contributed by atoms with van der Waals surface area (Å²) in [5, 5.41) is 2.94. The minimum absolute atomic E-state index is 1.21. The Hall–Kier alpha value is -2.58.